The molecule has 0 spiro atoms. The third-order valence-corrected chi connectivity index (χ3v) is 2.42. The number of hydrogen-bond donors (Lipinski definition) is 3. The minimum Gasteiger partial charge on any atom is -0.321 e. The Bertz CT molecular complexity index is 701. The van der Waals surface area contributed by atoms with Gasteiger partial charge in [-0.05, 0) is 6.07 Å². The van der Waals surface area contributed by atoms with Crippen LogP contribution in [0.15, 0.2) is 30.9 Å². The highest BCUT2D eigenvalue weighted by Crippen LogP contribution is 2.13. The average Bonchev–Trinajstić information content (AvgIpc) is 3.10. The van der Waals surface area contributed by atoms with E-state index in [2.05, 4.69) is 35.9 Å². The SMILES string of the molecule is Cn1cc(Nc2nc(NN)nc(-n3cccn3)n2)cn1. The van der Waals surface area contributed by atoms with E-state index in [0.717, 1.165) is 5.69 Å². The van der Waals surface area contributed by atoms with Gasteiger partial charge in [-0.25, -0.2) is 10.5 Å². The van der Waals surface area contributed by atoms with Crippen LogP contribution in [0.1, 0.15) is 0 Å². The minimum absolute atomic E-state index is 0.233. The summed E-state index contributed by atoms with van der Waals surface area (Å²) in [5.74, 6) is 6.29. The topological polar surface area (TPSA) is 124 Å². The van der Waals surface area contributed by atoms with Crippen LogP contribution >= 0.6 is 0 Å². The lowest BCUT2D eigenvalue weighted by Crippen LogP contribution is -2.15. The van der Waals surface area contributed by atoms with Gasteiger partial charge in [0.1, 0.15) is 0 Å². The molecule has 10 heteroatoms. The lowest BCUT2D eigenvalue weighted by atomic mass is 10.6. The van der Waals surface area contributed by atoms with Gasteiger partial charge in [-0.3, -0.25) is 10.1 Å². The summed E-state index contributed by atoms with van der Waals surface area (Å²) in [5.41, 5.74) is 3.15. The summed E-state index contributed by atoms with van der Waals surface area (Å²) in [6.45, 7) is 0. The second-order valence-electron chi connectivity index (χ2n) is 3.91. The zero-order valence-electron chi connectivity index (χ0n) is 10.6. The van der Waals surface area contributed by atoms with Crippen molar-refractivity contribution in [3.63, 3.8) is 0 Å². The number of aryl methyl sites for hydroxylation is 1. The van der Waals surface area contributed by atoms with Crippen molar-refractivity contribution in [2.45, 2.75) is 0 Å². The maximum absolute atomic E-state index is 5.36. The van der Waals surface area contributed by atoms with Crippen molar-refractivity contribution in [2.24, 2.45) is 12.9 Å². The van der Waals surface area contributed by atoms with E-state index in [1.165, 1.54) is 4.68 Å². The van der Waals surface area contributed by atoms with E-state index in [-0.39, 0.29) is 5.95 Å². The number of nitrogens with one attached hydrogen (secondary N) is 2. The summed E-state index contributed by atoms with van der Waals surface area (Å²) in [7, 11) is 1.82. The molecule has 3 rings (SSSR count). The van der Waals surface area contributed by atoms with E-state index in [4.69, 9.17) is 5.84 Å². The molecule has 0 aliphatic heterocycles. The first-order valence-corrected chi connectivity index (χ1v) is 5.73. The molecule has 0 aliphatic rings. The predicted octanol–water partition coefficient (Wildman–Crippen LogP) is -0.180. The van der Waals surface area contributed by atoms with Crippen molar-refractivity contribution in [3.8, 4) is 5.95 Å². The van der Waals surface area contributed by atoms with Gasteiger partial charge < -0.3 is 5.32 Å². The Labute approximate surface area is 113 Å². The third-order valence-electron chi connectivity index (χ3n) is 2.42. The molecule has 0 radical (unpaired) electrons. The molecule has 10 nitrogen and oxygen atoms in total. The maximum Gasteiger partial charge on any atom is 0.257 e. The second kappa shape index (κ2) is 4.93. The van der Waals surface area contributed by atoms with Crippen LogP contribution in [0.25, 0.3) is 5.95 Å². The van der Waals surface area contributed by atoms with E-state index < -0.39 is 0 Å². The first kappa shape index (κ1) is 12.0. The molecule has 0 aromatic carbocycles. The quantitative estimate of drug-likeness (QED) is 0.441. The van der Waals surface area contributed by atoms with Crippen molar-refractivity contribution in [1.29, 1.82) is 0 Å². The van der Waals surface area contributed by atoms with Crippen LogP contribution in [0.3, 0.4) is 0 Å². The lowest BCUT2D eigenvalue weighted by Gasteiger charge is -2.06. The highest BCUT2D eigenvalue weighted by molar-refractivity contribution is 5.52. The summed E-state index contributed by atoms with van der Waals surface area (Å²) in [6.07, 6.45) is 6.82. The van der Waals surface area contributed by atoms with Gasteiger partial charge in [0, 0.05) is 25.6 Å². The normalized spacial score (nSPS) is 10.5. The van der Waals surface area contributed by atoms with Gasteiger partial charge in [-0.15, -0.1) is 0 Å². The van der Waals surface area contributed by atoms with Crippen LogP contribution in [0.4, 0.5) is 17.6 Å². The smallest absolute Gasteiger partial charge is 0.257 e. The molecule has 3 aromatic heterocycles. The number of nitrogens with zero attached hydrogens (tertiary/aromatic N) is 7. The minimum atomic E-state index is 0.233. The molecule has 0 aliphatic carbocycles. The highest BCUT2D eigenvalue weighted by Gasteiger charge is 2.08. The number of nitrogen functional groups attached to an aromatic ring is 1. The number of rotatable bonds is 4. The zero-order valence-corrected chi connectivity index (χ0v) is 10.6. The standard InChI is InChI=1S/C10H12N10/c1-19-6-7(5-13-19)14-8-15-9(18-11)17-10(16-8)20-4-2-3-12-20/h2-6H,11H2,1H3,(H2,14,15,16,17,18). The monoisotopic (exact) mass is 272 g/mol. The number of hydrogen-bond acceptors (Lipinski definition) is 8. The van der Waals surface area contributed by atoms with E-state index in [1.807, 2.05) is 7.05 Å². The van der Waals surface area contributed by atoms with Crippen LogP contribution in [0.2, 0.25) is 0 Å². The van der Waals surface area contributed by atoms with Crippen LogP contribution in [0, 0.1) is 0 Å². The summed E-state index contributed by atoms with van der Waals surface area (Å²) in [5, 5.41) is 11.1. The average molecular weight is 272 g/mol. The Morgan fingerprint density at radius 3 is 2.65 bits per heavy atom. The van der Waals surface area contributed by atoms with E-state index in [1.54, 1.807) is 35.5 Å². The Balaban J connectivity index is 1.96. The van der Waals surface area contributed by atoms with Gasteiger partial charge in [-0.2, -0.15) is 25.1 Å². The first-order valence-electron chi connectivity index (χ1n) is 5.73. The van der Waals surface area contributed by atoms with E-state index >= 15 is 0 Å². The molecule has 0 saturated carbocycles. The van der Waals surface area contributed by atoms with Crippen molar-refractivity contribution in [1.82, 2.24) is 34.5 Å². The zero-order chi connectivity index (χ0) is 13.9. The van der Waals surface area contributed by atoms with Gasteiger partial charge in [0.2, 0.25) is 11.9 Å². The van der Waals surface area contributed by atoms with Crippen molar-refractivity contribution >= 4 is 17.6 Å². The molecule has 0 bridgehead atoms. The van der Waals surface area contributed by atoms with Gasteiger partial charge in [0.25, 0.3) is 5.95 Å². The van der Waals surface area contributed by atoms with Crippen LogP contribution in [0.5, 0.6) is 0 Å². The number of aromatic nitrogens is 7. The summed E-state index contributed by atoms with van der Waals surface area (Å²) in [4.78, 5) is 12.5. The molecule has 102 valence electrons. The molecule has 3 heterocycles. The van der Waals surface area contributed by atoms with Gasteiger partial charge >= 0.3 is 0 Å². The van der Waals surface area contributed by atoms with E-state index in [9.17, 15) is 0 Å². The molecule has 3 aromatic rings. The number of nitrogens with two attached hydrogens (primary N) is 1. The van der Waals surface area contributed by atoms with Gasteiger partial charge in [0.05, 0.1) is 11.9 Å². The second-order valence-corrected chi connectivity index (χ2v) is 3.91. The molecule has 0 atom stereocenters. The molecular formula is C10H12N10. The Morgan fingerprint density at radius 2 is 2.00 bits per heavy atom. The fourth-order valence-corrected chi connectivity index (χ4v) is 1.59. The molecular weight excluding hydrogens is 260 g/mol. The number of hydrazine groups is 1. The maximum atomic E-state index is 5.36. The van der Waals surface area contributed by atoms with Crippen LogP contribution < -0.4 is 16.6 Å². The summed E-state index contributed by atoms with van der Waals surface area (Å²) < 4.78 is 3.18. The molecule has 0 unspecified atom stereocenters. The molecule has 4 N–H and O–H groups in total. The van der Waals surface area contributed by atoms with Crippen LogP contribution in [-0.2, 0) is 7.05 Å². The summed E-state index contributed by atoms with van der Waals surface area (Å²) in [6, 6.07) is 1.77. The number of anilines is 3. The first-order chi connectivity index (χ1) is 9.74. The van der Waals surface area contributed by atoms with E-state index in [0.29, 0.717) is 11.9 Å². The Hall–Kier alpha value is -3.01. The summed E-state index contributed by atoms with van der Waals surface area (Å²) >= 11 is 0. The van der Waals surface area contributed by atoms with Gasteiger partial charge in [0.15, 0.2) is 0 Å². The molecule has 0 amide bonds. The molecule has 0 fully saturated rings. The Morgan fingerprint density at radius 1 is 1.15 bits per heavy atom. The lowest BCUT2D eigenvalue weighted by molar-refractivity contribution is 0.768. The molecule has 0 saturated heterocycles. The highest BCUT2D eigenvalue weighted by atomic mass is 15.4. The predicted molar refractivity (Wildman–Crippen MR) is 71.2 cm³/mol. The fraction of sp³-hybridized carbons (Fsp3) is 0.100. The van der Waals surface area contributed by atoms with Gasteiger partial charge in [-0.1, -0.05) is 0 Å². The fourth-order valence-electron chi connectivity index (χ4n) is 1.59. The van der Waals surface area contributed by atoms with Crippen molar-refractivity contribution in [3.05, 3.63) is 30.9 Å². The van der Waals surface area contributed by atoms with Crippen LogP contribution in [-0.4, -0.2) is 34.5 Å². The van der Waals surface area contributed by atoms with Crippen molar-refractivity contribution < 1.29 is 0 Å². The largest absolute Gasteiger partial charge is 0.321 e. The van der Waals surface area contributed by atoms with Crippen molar-refractivity contribution in [2.75, 3.05) is 10.7 Å². The third kappa shape index (κ3) is 2.40. The Kier molecular flexibility index (Phi) is 2.97. The molecule has 20 heavy (non-hydrogen) atoms.